The average Bonchev–Trinajstić information content (AvgIpc) is 2.92. The number of amides is 1. The Morgan fingerprint density at radius 3 is 2.39 bits per heavy atom. The van der Waals surface area contributed by atoms with E-state index in [9.17, 15) is 14.4 Å². The third kappa shape index (κ3) is 4.86. The molecule has 0 radical (unpaired) electrons. The molecule has 3 aromatic rings. The quantitative estimate of drug-likeness (QED) is 0.523. The van der Waals surface area contributed by atoms with Gasteiger partial charge in [-0.25, -0.2) is 15.0 Å². The first-order valence-electron chi connectivity index (χ1n) is 12.5. The number of carbonyl (C=O) groups excluding carboxylic acids is 1. The summed E-state index contributed by atoms with van der Waals surface area (Å²) in [5.74, 6) is 0.963. The largest absolute Gasteiger partial charge is 0.352 e. The minimum atomic E-state index is -0.602. The van der Waals surface area contributed by atoms with E-state index in [1.807, 2.05) is 4.90 Å². The summed E-state index contributed by atoms with van der Waals surface area (Å²) in [6.45, 7) is 1.91. The van der Waals surface area contributed by atoms with Gasteiger partial charge in [0.1, 0.15) is 0 Å². The molecule has 1 N–H and O–H groups in total. The zero-order valence-corrected chi connectivity index (χ0v) is 21.1. The van der Waals surface area contributed by atoms with Gasteiger partial charge in [0, 0.05) is 51.3 Å². The number of aryl methyl sites for hydroxylation is 1. The molecule has 0 spiro atoms. The number of anilines is 1. The number of fused-ring (bicyclic) bond motifs is 1. The number of carbonyl (C=O) groups is 1. The highest BCUT2D eigenvalue weighted by Gasteiger charge is 2.26. The van der Waals surface area contributed by atoms with Gasteiger partial charge in [0.25, 0.3) is 5.91 Å². The molecule has 1 saturated heterocycles. The molecular formula is C25H30ClN7O3. The van der Waals surface area contributed by atoms with Crippen molar-refractivity contribution in [2.24, 2.45) is 13.0 Å². The van der Waals surface area contributed by atoms with Crippen LogP contribution in [0, 0.1) is 5.92 Å². The van der Waals surface area contributed by atoms with Crippen molar-refractivity contribution in [2.45, 2.75) is 51.0 Å². The molecule has 1 saturated carbocycles. The zero-order valence-electron chi connectivity index (χ0n) is 20.3. The Labute approximate surface area is 213 Å². The lowest BCUT2D eigenvalue weighted by atomic mass is 9.89. The van der Waals surface area contributed by atoms with Crippen LogP contribution in [0.4, 0.5) is 5.95 Å². The highest BCUT2D eigenvalue weighted by atomic mass is 35.5. The van der Waals surface area contributed by atoms with Gasteiger partial charge >= 0.3 is 11.1 Å². The predicted molar refractivity (Wildman–Crippen MR) is 138 cm³/mol. The SMILES string of the molecule is Cn1c(=O)c(=O)n(C2CCN(c3ncc(C(=O)NCC4CCCCC4)cn3)CC2)c2ncc(Cl)cc21. The number of hydrogen-bond acceptors (Lipinski definition) is 7. The van der Waals surface area contributed by atoms with Crippen molar-refractivity contribution in [1.82, 2.24) is 29.4 Å². The molecule has 2 aliphatic rings. The molecule has 190 valence electrons. The monoisotopic (exact) mass is 511 g/mol. The number of nitrogens with one attached hydrogen (secondary N) is 1. The Hall–Kier alpha value is -3.27. The summed E-state index contributed by atoms with van der Waals surface area (Å²) in [6, 6.07) is 1.47. The molecular weight excluding hydrogens is 482 g/mol. The number of piperidine rings is 1. The van der Waals surface area contributed by atoms with Gasteiger partial charge in [0.05, 0.1) is 16.1 Å². The molecule has 10 nitrogen and oxygen atoms in total. The predicted octanol–water partition coefficient (Wildman–Crippen LogP) is 2.69. The molecule has 1 aliphatic heterocycles. The number of rotatable bonds is 5. The van der Waals surface area contributed by atoms with E-state index in [1.165, 1.54) is 47.4 Å². The van der Waals surface area contributed by atoms with E-state index in [-0.39, 0.29) is 11.9 Å². The molecule has 11 heteroatoms. The summed E-state index contributed by atoms with van der Waals surface area (Å²) in [7, 11) is 1.55. The van der Waals surface area contributed by atoms with Crippen molar-refractivity contribution in [3.05, 3.63) is 56.0 Å². The maximum Gasteiger partial charge on any atom is 0.318 e. The minimum Gasteiger partial charge on any atom is -0.352 e. The molecule has 0 atom stereocenters. The molecule has 0 unspecified atom stereocenters. The van der Waals surface area contributed by atoms with Crippen LogP contribution in [-0.2, 0) is 7.05 Å². The summed E-state index contributed by atoms with van der Waals surface area (Å²) in [6.07, 6.45) is 12.0. The fraction of sp³-hybridized carbons (Fsp3) is 0.520. The van der Waals surface area contributed by atoms with Crippen molar-refractivity contribution in [3.63, 3.8) is 0 Å². The van der Waals surface area contributed by atoms with Gasteiger partial charge in [-0.1, -0.05) is 30.9 Å². The van der Waals surface area contributed by atoms with E-state index in [2.05, 4.69) is 20.3 Å². The normalized spacial score (nSPS) is 17.4. The number of halogens is 1. The highest BCUT2D eigenvalue weighted by molar-refractivity contribution is 6.31. The Kier molecular flexibility index (Phi) is 7.04. The molecule has 3 aromatic heterocycles. The number of pyridine rings is 1. The van der Waals surface area contributed by atoms with Crippen LogP contribution < -0.4 is 21.3 Å². The first-order chi connectivity index (χ1) is 17.4. The smallest absolute Gasteiger partial charge is 0.318 e. The van der Waals surface area contributed by atoms with Crippen LogP contribution in [0.5, 0.6) is 0 Å². The molecule has 1 aliphatic carbocycles. The summed E-state index contributed by atoms with van der Waals surface area (Å²) in [5, 5.41) is 3.42. The lowest BCUT2D eigenvalue weighted by molar-refractivity contribution is 0.0943. The first kappa shape index (κ1) is 24.4. The maximum atomic E-state index is 12.9. The molecule has 0 aromatic carbocycles. The third-order valence-corrected chi connectivity index (χ3v) is 7.61. The van der Waals surface area contributed by atoms with Crippen LogP contribution in [0.3, 0.4) is 0 Å². The van der Waals surface area contributed by atoms with Crippen molar-refractivity contribution >= 4 is 34.6 Å². The lowest BCUT2D eigenvalue weighted by Crippen LogP contribution is -2.45. The Morgan fingerprint density at radius 2 is 1.69 bits per heavy atom. The molecule has 5 rings (SSSR count). The summed E-state index contributed by atoms with van der Waals surface area (Å²) in [4.78, 5) is 53.2. The minimum absolute atomic E-state index is 0.143. The van der Waals surface area contributed by atoms with Crippen LogP contribution in [0.25, 0.3) is 11.2 Å². The van der Waals surface area contributed by atoms with Crippen molar-refractivity contribution in [1.29, 1.82) is 0 Å². The second-order valence-electron chi connectivity index (χ2n) is 9.74. The van der Waals surface area contributed by atoms with Crippen LogP contribution in [0.2, 0.25) is 5.02 Å². The average molecular weight is 512 g/mol. The fourth-order valence-corrected chi connectivity index (χ4v) is 5.45. The van der Waals surface area contributed by atoms with Crippen molar-refractivity contribution in [3.8, 4) is 0 Å². The fourth-order valence-electron chi connectivity index (χ4n) is 5.30. The third-order valence-electron chi connectivity index (χ3n) is 7.40. The van der Waals surface area contributed by atoms with E-state index in [0.717, 1.165) is 0 Å². The van der Waals surface area contributed by atoms with Crippen molar-refractivity contribution < 1.29 is 4.79 Å². The number of nitrogens with zero attached hydrogens (tertiary/aromatic N) is 6. The Bertz CT molecular complexity index is 1370. The maximum absolute atomic E-state index is 12.9. The van der Waals surface area contributed by atoms with Gasteiger partial charge in [-0.15, -0.1) is 0 Å². The van der Waals surface area contributed by atoms with E-state index in [0.29, 0.717) is 66.1 Å². The van der Waals surface area contributed by atoms with Gasteiger partial charge in [-0.2, -0.15) is 0 Å². The number of aromatic nitrogens is 5. The van der Waals surface area contributed by atoms with Crippen LogP contribution in [-0.4, -0.2) is 49.6 Å². The molecule has 1 amide bonds. The van der Waals surface area contributed by atoms with Gasteiger partial charge in [0.2, 0.25) is 5.95 Å². The van der Waals surface area contributed by atoms with Crippen LogP contribution in [0.15, 0.2) is 34.2 Å². The Morgan fingerprint density at radius 1 is 1.00 bits per heavy atom. The van der Waals surface area contributed by atoms with Crippen LogP contribution in [0.1, 0.15) is 61.3 Å². The van der Waals surface area contributed by atoms with E-state index in [1.54, 1.807) is 25.5 Å². The Balaban J connectivity index is 1.25. The summed E-state index contributed by atoms with van der Waals surface area (Å²) >= 11 is 6.08. The first-order valence-corrected chi connectivity index (χ1v) is 12.9. The van der Waals surface area contributed by atoms with Crippen LogP contribution >= 0.6 is 11.6 Å². The molecule has 4 heterocycles. The summed E-state index contributed by atoms with van der Waals surface area (Å²) in [5.41, 5.74) is 0.236. The van der Waals surface area contributed by atoms with E-state index < -0.39 is 11.1 Å². The van der Waals surface area contributed by atoms with Crippen molar-refractivity contribution in [2.75, 3.05) is 24.5 Å². The molecule has 36 heavy (non-hydrogen) atoms. The number of hydrogen-bond donors (Lipinski definition) is 1. The van der Waals surface area contributed by atoms with Gasteiger partial charge in [-0.3, -0.25) is 19.0 Å². The summed E-state index contributed by atoms with van der Waals surface area (Å²) < 4.78 is 2.80. The zero-order chi connectivity index (χ0) is 25.2. The molecule has 2 fully saturated rings. The second-order valence-corrected chi connectivity index (χ2v) is 10.2. The standard InChI is InChI=1S/C25H30ClN7O3/c1-31-20-11-18(26)15-27-21(20)33(24(36)23(31)35)19-7-9-32(10-8-19)25-29-13-17(14-30-25)22(34)28-12-16-5-3-2-4-6-16/h11,13-16,19H,2-10,12H2,1H3,(H,28,34). The van der Waals surface area contributed by atoms with E-state index >= 15 is 0 Å². The van der Waals surface area contributed by atoms with Gasteiger partial charge in [-0.05, 0) is 37.7 Å². The van der Waals surface area contributed by atoms with E-state index in [4.69, 9.17) is 11.6 Å². The lowest BCUT2D eigenvalue weighted by Gasteiger charge is -2.33. The second kappa shape index (κ2) is 10.4. The highest BCUT2D eigenvalue weighted by Crippen LogP contribution is 2.26. The van der Waals surface area contributed by atoms with Gasteiger partial charge in [0.15, 0.2) is 5.65 Å². The molecule has 0 bridgehead atoms. The van der Waals surface area contributed by atoms with Gasteiger partial charge < -0.3 is 14.8 Å². The topological polar surface area (TPSA) is 115 Å².